The topological polar surface area (TPSA) is 87.2 Å². The Morgan fingerprint density at radius 1 is 1.18 bits per heavy atom. The minimum atomic E-state index is 0.186. The molecule has 8 nitrogen and oxygen atoms in total. The van der Waals surface area contributed by atoms with Crippen LogP contribution in [-0.4, -0.2) is 34.1 Å². The summed E-state index contributed by atoms with van der Waals surface area (Å²) >= 11 is 2.34. The lowest BCUT2D eigenvalue weighted by molar-refractivity contribution is 0.385. The maximum absolute atomic E-state index is 5.74. The molecule has 33 heavy (non-hydrogen) atoms. The van der Waals surface area contributed by atoms with Gasteiger partial charge in [-0.05, 0) is 67.5 Å². The number of aromatic nitrogens is 4. The third-order valence-corrected chi connectivity index (χ3v) is 6.92. The van der Waals surface area contributed by atoms with Gasteiger partial charge in [0.2, 0.25) is 0 Å². The molecule has 0 atom stereocenters. The van der Waals surface area contributed by atoms with Crippen molar-refractivity contribution in [3.05, 3.63) is 45.4 Å². The Kier molecular flexibility index (Phi) is 5.90. The average Bonchev–Trinajstić information content (AvgIpc) is 3.48. The number of methoxy groups -OCH3 is 2. The number of pyridine rings is 1. The Hall–Kier alpha value is -2.82. The van der Waals surface area contributed by atoms with Gasteiger partial charge in [-0.1, -0.05) is 5.16 Å². The Morgan fingerprint density at radius 2 is 2.00 bits per heavy atom. The molecule has 3 aromatic heterocycles. The second-order valence-electron chi connectivity index (χ2n) is 8.46. The van der Waals surface area contributed by atoms with Gasteiger partial charge in [0.15, 0.2) is 5.76 Å². The first-order valence-electron chi connectivity index (χ1n) is 11.0. The molecule has 1 fully saturated rings. The third-order valence-electron chi connectivity index (χ3n) is 5.88. The maximum Gasteiger partial charge on any atom is 0.153 e. The Balaban J connectivity index is 1.57. The molecule has 3 heterocycles. The van der Waals surface area contributed by atoms with Gasteiger partial charge in [-0.15, -0.1) is 0 Å². The summed E-state index contributed by atoms with van der Waals surface area (Å²) in [6, 6.07) is 7.98. The van der Waals surface area contributed by atoms with Gasteiger partial charge in [0.25, 0.3) is 0 Å². The first kappa shape index (κ1) is 22.0. The van der Waals surface area contributed by atoms with Crippen molar-refractivity contribution < 1.29 is 14.0 Å². The molecule has 0 amide bonds. The Labute approximate surface area is 205 Å². The van der Waals surface area contributed by atoms with Crippen molar-refractivity contribution in [1.29, 1.82) is 0 Å². The fourth-order valence-electron chi connectivity index (χ4n) is 4.00. The molecule has 4 aromatic rings. The molecular formula is C24H26IN5O3. The van der Waals surface area contributed by atoms with E-state index in [0.29, 0.717) is 12.5 Å². The minimum Gasteiger partial charge on any atom is -0.497 e. The summed E-state index contributed by atoms with van der Waals surface area (Å²) in [5.74, 6) is 3.71. The van der Waals surface area contributed by atoms with Crippen LogP contribution in [0, 0.1) is 3.57 Å². The summed E-state index contributed by atoms with van der Waals surface area (Å²) in [6.45, 7) is 4.78. The highest BCUT2D eigenvalue weighted by molar-refractivity contribution is 14.1. The second kappa shape index (κ2) is 8.85. The number of benzene rings is 1. The van der Waals surface area contributed by atoms with E-state index in [9.17, 15) is 0 Å². The molecule has 0 aliphatic heterocycles. The van der Waals surface area contributed by atoms with E-state index in [4.69, 9.17) is 19.1 Å². The highest BCUT2D eigenvalue weighted by Gasteiger charge is 2.33. The van der Waals surface area contributed by atoms with Gasteiger partial charge in [0.1, 0.15) is 28.7 Å². The molecule has 0 saturated heterocycles. The van der Waals surface area contributed by atoms with E-state index in [1.165, 1.54) is 0 Å². The van der Waals surface area contributed by atoms with E-state index >= 15 is 0 Å². The number of fused-ring (bicyclic) bond motifs is 1. The van der Waals surface area contributed by atoms with Crippen molar-refractivity contribution >= 4 is 39.3 Å². The van der Waals surface area contributed by atoms with Gasteiger partial charge < -0.3 is 19.3 Å². The Morgan fingerprint density at radius 3 is 2.70 bits per heavy atom. The molecule has 0 spiro atoms. The van der Waals surface area contributed by atoms with Gasteiger partial charge in [0.05, 0.1) is 28.7 Å². The standard InChI is InChI=1S/C24H26IN5O3/c1-13(2)30-17-9-10-26-24(27-12-15-7-8-16(31-3)11-18(15)32-4)19(17)21(28-30)22-20(25)23(33-29-22)14-5-6-14/h7-11,13-14H,5-6,12H2,1-4H3,(H,26,27). The van der Waals surface area contributed by atoms with E-state index in [1.807, 2.05) is 35.1 Å². The predicted octanol–water partition coefficient (Wildman–Crippen LogP) is 5.78. The zero-order valence-corrected chi connectivity index (χ0v) is 21.2. The number of hydrogen-bond acceptors (Lipinski definition) is 7. The molecule has 1 saturated carbocycles. The molecule has 0 unspecified atom stereocenters. The number of anilines is 1. The number of halogens is 1. The zero-order chi connectivity index (χ0) is 23.1. The maximum atomic E-state index is 5.74. The summed E-state index contributed by atoms with van der Waals surface area (Å²) < 4.78 is 19.7. The van der Waals surface area contributed by atoms with E-state index in [0.717, 1.165) is 67.3 Å². The van der Waals surface area contributed by atoms with Crippen molar-refractivity contribution in [2.45, 2.75) is 45.2 Å². The third kappa shape index (κ3) is 4.03. The van der Waals surface area contributed by atoms with Crippen molar-refractivity contribution in [2.24, 2.45) is 0 Å². The summed E-state index contributed by atoms with van der Waals surface area (Å²) in [6.07, 6.45) is 4.12. The average molecular weight is 559 g/mol. The molecule has 172 valence electrons. The molecule has 1 N–H and O–H groups in total. The van der Waals surface area contributed by atoms with Crippen molar-refractivity contribution in [3.63, 3.8) is 0 Å². The molecule has 5 rings (SSSR count). The molecule has 0 radical (unpaired) electrons. The van der Waals surface area contributed by atoms with Gasteiger partial charge >= 0.3 is 0 Å². The summed E-state index contributed by atoms with van der Waals surface area (Å²) in [4.78, 5) is 4.66. The summed E-state index contributed by atoms with van der Waals surface area (Å²) in [5.41, 5.74) is 3.57. The fourth-order valence-corrected chi connectivity index (χ4v) is 4.89. The molecular weight excluding hydrogens is 533 g/mol. The lowest BCUT2D eigenvalue weighted by Crippen LogP contribution is -2.05. The number of nitrogens with zero attached hydrogens (tertiary/aromatic N) is 4. The van der Waals surface area contributed by atoms with Crippen LogP contribution in [0.3, 0.4) is 0 Å². The second-order valence-corrected chi connectivity index (χ2v) is 9.53. The van der Waals surface area contributed by atoms with Crippen molar-refractivity contribution in [2.75, 3.05) is 19.5 Å². The lowest BCUT2D eigenvalue weighted by atomic mass is 10.1. The van der Waals surface area contributed by atoms with Crippen LogP contribution < -0.4 is 14.8 Å². The highest BCUT2D eigenvalue weighted by atomic mass is 127. The van der Waals surface area contributed by atoms with Crippen LogP contribution in [0.15, 0.2) is 35.0 Å². The summed E-state index contributed by atoms with van der Waals surface area (Å²) in [7, 11) is 3.30. The van der Waals surface area contributed by atoms with Crippen LogP contribution in [0.5, 0.6) is 11.5 Å². The van der Waals surface area contributed by atoms with E-state index in [1.54, 1.807) is 14.2 Å². The predicted molar refractivity (Wildman–Crippen MR) is 135 cm³/mol. The first-order chi connectivity index (χ1) is 16.0. The van der Waals surface area contributed by atoms with Crippen LogP contribution in [0.4, 0.5) is 5.82 Å². The number of ether oxygens (including phenoxy) is 2. The lowest BCUT2D eigenvalue weighted by Gasteiger charge is -2.12. The largest absolute Gasteiger partial charge is 0.497 e. The zero-order valence-electron chi connectivity index (χ0n) is 19.1. The van der Waals surface area contributed by atoms with Crippen LogP contribution in [0.25, 0.3) is 22.3 Å². The Bertz CT molecular complexity index is 1310. The van der Waals surface area contributed by atoms with Crippen molar-refractivity contribution in [3.8, 4) is 22.9 Å². The van der Waals surface area contributed by atoms with Crippen LogP contribution >= 0.6 is 22.6 Å². The van der Waals surface area contributed by atoms with E-state index in [2.05, 4.69) is 51.9 Å². The normalized spacial score (nSPS) is 13.6. The smallest absolute Gasteiger partial charge is 0.153 e. The van der Waals surface area contributed by atoms with Gasteiger partial charge in [-0.3, -0.25) is 4.68 Å². The van der Waals surface area contributed by atoms with Crippen molar-refractivity contribution in [1.82, 2.24) is 19.9 Å². The molecule has 0 bridgehead atoms. The van der Waals surface area contributed by atoms with Crippen LogP contribution in [0.1, 0.15) is 50.0 Å². The van der Waals surface area contributed by atoms with Gasteiger partial charge in [0, 0.05) is 36.3 Å². The quantitative estimate of drug-likeness (QED) is 0.274. The monoisotopic (exact) mass is 559 g/mol. The highest BCUT2D eigenvalue weighted by Crippen LogP contribution is 2.45. The number of nitrogens with one attached hydrogen (secondary N) is 1. The molecule has 9 heteroatoms. The van der Waals surface area contributed by atoms with Gasteiger partial charge in [-0.25, -0.2) is 4.98 Å². The number of hydrogen-bond donors (Lipinski definition) is 1. The van der Waals surface area contributed by atoms with Crippen LogP contribution in [0.2, 0.25) is 0 Å². The first-order valence-corrected chi connectivity index (χ1v) is 12.1. The molecule has 1 aliphatic rings. The van der Waals surface area contributed by atoms with Gasteiger partial charge in [-0.2, -0.15) is 5.10 Å². The van der Waals surface area contributed by atoms with Crippen LogP contribution in [-0.2, 0) is 6.54 Å². The minimum absolute atomic E-state index is 0.186. The van der Waals surface area contributed by atoms with E-state index < -0.39 is 0 Å². The summed E-state index contributed by atoms with van der Waals surface area (Å²) in [5, 5.41) is 13.8. The molecule has 1 aliphatic carbocycles. The molecule has 1 aromatic carbocycles. The number of rotatable bonds is 8. The SMILES string of the molecule is COc1ccc(CNc2nccc3c2c(-c2noc(C4CC4)c2I)nn3C(C)C)c(OC)c1. The fraction of sp³-hybridized carbons (Fsp3) is 0.375. The van der Waals surface area contributed by atoms with E-state index in [-0.39, 0.29) is 6.04 Å².